The van der Waals surface area contributed by atoms with Crippen LogP contribution in [0.2, 0.25) is 0 Å². The Kier molecular flexibility index (Phi) is 3.10. The van der Waals surface area contributed by atoms with E-state index in [2.05, 4.69) is 27.3 Å². The van der Waals surface area contributed by atoms with E-state index in [1.54, 1.807) is 0 Å². The second-order valence-electron chi connectivity index (χ2n) is 5.05. The summed E-state index contributed by atoms with van der Waals surface area (Å²) in [5.74, 6) is 0.524. The van der Waals surface area contributed by atoms with Crippen LogP contribution in [0.3, 0.4) is 0 Å². The molecule has 1 aromatic heterocycles. The molecule has 3 rings (SSSR count). The molecule has 1 aliphatic rings. The molecule has 0 amide bonds. The van der Waals surface area contributed by atoms with Crippen molar-refractivity contribution in [2.45, 2.75) is 25.7 Å². The highest BCUT2D eigenvalue weighted by molar-refractivity contribution is 6.03. The second-order valence-corrected chi connectivity index (χ2v) is 5.05. The number of rotatable bonds is 1. The number of fused-ring (bicyclic) bond motifs is 1. The molecule has 0 saturated heterocycles. The molecule has 1 aromatic carbocycles. The van der Waals surface area contributed by atoms with Crippen molar-refractivity contribution < 1.29 is 5.21 Å². The number of nitrogens with two attached hydrogens (primary N) is 1. The standard InChI is InChI=1S/C15H16N4O/c1-9-14-12(18-15(16)17-9)7-11(8-13(14)19-20)10-5-3-2-4-6-10/h2-6,11,20H,7-8H2,1H3,(H2,16,17,18)/b19-13-. The Bertz CT molecular complexity index is 667. The first-order valence-electron chi connectivity index (χ1n) is 6.58. The van der Waals surface area contributed by atoms with Crippen molar-refractivity contribution in [1.29, 1.82) is 0 Å². The van der Waals surface area contributed by atoms with E-state index < -0.39 is 0 Å². The number of benzene rings is 1. The molecule has 0 aliphatic heterocycles. The van der Waals surface area contributed by atoms with Crippen molar-refractivity contribution in [3.8, 4) is 0 Å². The maximum absolute atomic E-state index is 9.30. The van der Waals surface area contributed by atoms with Gasteiger partial charge in [-0.05, 0) is 24.8 Å². The van der Waals surface area contributed by atoms with Gasteiger partial charge < -0.3 is 10.9 Å². The molecule has 0 bridgehead atoms. The summed E-state index contributed by atoms with van der Waals surface area (Å²) in [5, 5.41) is 12.7. The van der Waals surface area contributed by atoms with E-state index in [0.29, 0.717) is 12.1 Å². The highest BCUT2D eigenvalue weighted by atomic mass is 16.4. The van der Waals surface area contributed by atoms with Gasteiger partial charge in [-0.3, -0.25) is 0 Å². The first-order valence-corrected chi connectivity index (χ1v) is 6.58. The van der Waals surface area contributed by atoms with Gasteiger partial charge >= 0.3 is 0 Å². The predicted octanol–water partition coefficient (Wildman–Crippen LogP) is 2.28. The number of anilines is 1. The first-order chi connectivity index (χ1) is 9.69. The van der Waals surface area contributed by atoms with E-state index in [4.69, 9.17) is 5.73 Å². The van der Waals surface area contributed by atoms with Crippen LogP contribution < -0.4 is 5.73 Å². The zero-order chi connectivity index (χ0) is 14.1. The second kappa shape index (κ2) is 4.92. The lowest BCUT2D eigenvalue weighted by Gasteiger charge is -2.25. The van der Waals surface area contributed by atoms with E-state index in [9.17, 15) is 5.21 Å². The van der Waals surface area contributed by atoms with Gasteiger partial charge in [0.2, 0.25) is 5.95 Å². The van der Waals surface area contributed by atoms with Crippen LogP contribution in [-0.4, -0.2) is 20.9 Å². The molecule has 0 radical (unpaired) electrons. The zero-order valence-corrected chi connectivity index (χ0v) is 11.2. The Labute approximate surface area is 117 Å². The average molecular weight is 268 g/mol. The van der Waals surface area contributed by atoms with Crippen LogP contribution in [0, 0.1) is 6.92 Å². The first kappa shape index (κ1) is 12.6. The summed E-state index contributed by atoms with van der Waals surface area (Å²) >= 11 is 0. The SMILES string of the molecule is Cc1nc(N)nc2c1/C(=N\O)CC(c1ccccc1)C2. The maximum Gasteiger partial charge on any atom is 0.220 e. The summed E-state index contributed by atoms with van der Waals surface area (Å²) in [6.45, 7) is 1.87. The fraction of sp³-hybridized carbons (Fsp3) is 0.267. The van der Waals surface area contributed by atoms with Gasteiger partial charge in [0.1, 0.15) is 0 Å². The Balaban J connectivity index is 2.07. The van der Waals surface area contributed by atoms with Crippen molar-refractivity contribution in [2.75, 3.05) is 5.73 Å². The molecule has 5 nitrogen and oxygen atoms in total. The lowest BCUT2D eigenvalue weighted by atomic mass is 9.81. The lowest BCUT2D eigenvalue weighted by Crippen LogP contribution is -2.23. The normalized spacial score (nSPS) is 19.9. The molecule has 20 heavy (non-hydrogen) atoms. The Morgan fingerprint density at radius 2 is 1.95 bits per heavy atom. The van der Waals surface area contributed by atoms with Crippen LogP contribution in [-0.2, 0) is 6.42 Å². The minimum absolute atomic E-state index is 0.253. The smallest absolute Gasteiger partial charge is 0.220 e. The van der Waals surface area contributed by atoms with Crippen LogP contribution in [0.5, 0.6) is 0 Å². The fourth-order valence-corrected chi connectivity index (χ4v) is 2.87. The molecule has 0 fully saturated rings. The molecule has 1 unspecified atom stereocenters. The molecule has 3 N–H and O–H groups in total. The molecule has 1 atom stereocenters. The predicted molar refractivity (Wildman–Crippen MR) is 77.0 cm³/mol. The summed E-state index contributed by atoms with van der Waals surface area (Å²) < 4.78 is 0. The van der Waals surface area contributed by atoms with E-state index in [-0.39, 0.29) is 11.9 Å². The van der Waals surface area contributed by atoms with Gasteiger partial charge in [0.05, 0.1) is 17.1 Å². The van der Waals surface area contributed by atoms with E-state index in [1.807, 2.05) is 25.1 Å². The number of aromatic nitrogens is 2. The summed E-state index contributed by atoms with van der Waals surface area (Å²) in [7, 11) is 0. The number of aryl methyl sites for hydroxylation is 1. The molecule has 1 heterocycles. The summed E-state index contributed by atoms with van der Waals surface area (Å²) in [6, 6.07) is 10.2. The van der Waals surface area contributed by atoms with Crippen molar-refractivity contribution in [3.05, 3.63) is 52.8 Å². The third kappa shape index (κ3) is 2.11. The van der Waals surface area contributed by atoms with Crippen molar-refractivity contribution in [1.82, 2.24) is 9.97 Å². The Hall–Kier alpha value is -2.43. The molecule has 1 aliphatic carbocycles. The minimum atomic E-state index is 0.253. The van der Waals surface area contributed by atoms with Crippen LogP contribution in [0.25, 0.3) is 0 Å². The van der Waals surface area contributed by atoms with E-state index >= 15 is 0 Å². The van der Waals surface area contributed by atoms with Crippen molar-refractivity contribution >= 4 is 11.7 Å². The van der Waals surface area contributed by atoms with Gasteiger partial charge in [-0.25, -0.2) is 9.97 Å². The quantitative estimate of drug-likeness (QED) is 0.614. The Morgan fingerprint density at radius 3 is 2.65 bits per heavy atom. The molecule has 0 saturated carbocycles. The van der Waals surface area contributed by atoms with Crippen LogP contribution in [0.4, 0.5) is 5.95 Å². The maximum atomic E-state index is 9.30. The van der Waals surface area contributed by atoms with Crippen LogP contribution >= 0.6 is 0 Å². The van der Waals surface area contributed by atoms with Crippen LogP contribution in [0.1, 0.15) is 34.9 Å². The third-order valence-corrected chi connectivity index (χ3v) is 3.74. The van der Waals surface area contributed by atoms with E-state index in [1.165, 1.54) is 5.56 Å². The molecule has 5 heteroatoms. The number of nitrogen functional groups attached to an aromatic ring is 1. The van der Waals surface area contributed by atoms with Crippen molar-refractivity contribution in [3.63, 3.8) is 0 Å². The van der Waals surface area contributed by atoms with Gasteiger partial charge in [0.15, 0.2) is 0 Å². The lowest BCUT2D eigenvalue weighted by molar-refractivity contribution is 0.316. The third-order valence-electron chi connectivity index (χ3n) is 3.74. The molecule has 2 aromatic rings. The Morgan fingerprint density at radius 1 is 1.20 bits per heavy atom. The fourth-order valence-electron chi connectivity index (χ4n) is 2.87. The molecule has 102 valence electrons. The molecular weight excluding hydrogens is 252 g/mol. The number of hydrogen-bond donors (Lipinski definition) is 2. The largest absolute Gasteiger partial charge is 0.411 e. The number of hydrogen-bond acceptors (Lipinski definition) is 5. The number of oxime groups is 1. The van der Waals surface area contributed by atoms with Gasteiger partial charge in [-0.1, -0.05) is 35.5 Å². The van der Waals surface area contributed by atoms with Gasteiger partial charge in [0, 0.05) is 12.0 Å². The monoisotopic (exact) mass is 268 g/mol. The van der Waals surface area contributed by atoms with E-state index in [0.717, 1.165) is 23.4 Å². The molecule has 0 spiro atoms. The summed E-state index contributed by atoms with van der Waals surface area (Å²) in [4.78, 5) is 8.48. The highest BCUT2D eigenvalue weighted by Gasteiger charge is 2.28. The average Bonchev–Trinajstić information content (AvgIpc) is 2.46. The minimum Gasteiger partial charge on any atom is -0.411 e. The topological polar surface area (TPSA) is 84.4 Å². The van der Waals surface area contributed by atoms with Crippen LogP contribution in [0.15, 0.2) is 35.5 Å². The number of nitrogens with zero attached hydrogens (tertiary/aromatic N) is 3. The summed E-state index contributed by atoms with van der Waals surface area (Å²) in [5.41, 5.74) is 10.1. The van der Waals surface area contributed by atoms with Crippen molar-refractivity contribution in [2.24, 2.45) is 5.16 Å². The zero-order valence-electron chi connectivity index (χ0n) is 11.2. The molecular formula is C15H16N4O. The highest BCUT2D eigenvalue weighted by Crippen LogP contribution is 2.33. The van der Waals surface area contributed by atoms with Gasteiger partial charge in [0.25, 0.3) is 0 Å². The summed E-state index contributed by atoms with van der Waals surface area (Å²) in [6.07, 6.45) is 1.47. The van der Waals surface area contributed by atoms with Gasteiger partial charge in [-0.15, -0.1) is 0 Å². The van der Waals surface area contributed by atoms with Gasteiger partial charge in [-0.2, -0.15) is 0 Å².